The first-order valence-electron chi connectivity index (χ1n) is 21.6. The molecule has 12 bridgehead atoms. The molecular weight excluding hydrogens is 680 g/mol. The van der Waals surface area contributed by atoms with Crippen molar-refractivity contribution in [2.75, 3.05) is 6.61 Å². The van der Waals surface area contributed by atoms with Gasteiger partial charge in [-0.1, -0.05) is 40.5 Å². The van der Waals surface area contributed by atoms with Gasteiger partial charge >= 0.3 is 23.9 Å². The van der Waals surface area contributed by atoms with E-state index in [0.717, 1.165) is 48.0 Å². The second-order valence-electron chi connectivity index (χ2n) is 19.4. The first-order chi connectivity index (χ1) is 25.9. The van der Waals surface area contributed by atoms with Gasteiger partial charge in [-0.25, -0.2) is 19.2 Å². The highest BCUT2D eigenvalue weighted by Gasteiger charge is 2.61. The second kappa shape index (κ2) is 15.9. The maximum atomic E-state index is 11.8. The summed E-state index contributed by atoms with van der Waals surface area (Å²) >= 11 is 0. The molecule has 12 rings (SSSR count). The standard InChI is InChI=1S/C16H24O2.C15H20O4.C15H22O2/c1-4-15(17)18-16(10(2)3)13-6-11-5-12(8-13)9-14(16)7-11;1-2-13(16)18-8-14(17)19-15-11-4-9-3-10(6-11)7-12(15)5-9;1-3-14(16)17-15(4-2)12-6-10-5-11(8-12)9-13(15)7-10/h4,10-14H,1,5-9H2,2-3H3;2,9-12,15H,1,3-8H2;3,10-13H,1,4-9H2,2H3. The number of rotatable bonds is 10. The Bertz CT molecular complexity index is 1370. The highest BCUT2D eigenvalue weighted by atomic mass is 16.6. The fourth-order valence-electron chi connectivity index (χ4n) is 14.8. The lowest BCUT2D eigenvalue weighted by molar-refractivity contribution is -0.220. The largest absolute Gasteiger partial charge is 0.459 e. The van der Waals surface area contributed by atoms with Gasteiger partial charge < -0.3 is 18.9 Å². The molecule has 54 heavy (non-hydrogen) atoms. The molecule has 0 amide bonds. The van der Waals surface area contributed by atoms with Crippen LogP contribution in [0.1, 0.15) is 124 Å². The van der Waals surface area contributed by atoms with E-state index in [2.05, 4.69) is 40.5 Å². The van der Waals surface area contributed by atoms with Crippen LogP contribution >= 0.6 is 0 Å². The summed E-state index contributed by atoms with van der Waals surface area (Å²) in [6, 6.07) is 0. The highest BCUT2D eigenvalue weighted by Crippen LogP contribution is 2.63. The molecule has 0 aromatic heterocycles. The van der Waals surface area contributed by atoms with Gasteiger partial charge in [0.1, 0.15) is 17.3 Å². The molecule has 12 saturated carbocycles. The third-order valence-corrected chi connectivity index (χ3v) is 16.2. The molecule has 0 N–H and O–H groups in total. The summed E-state index contributed by atoms with van der Waals surface area (Å²) < 4.78 is 22.1. The van der Waals surface area contributed by atoms with E-state index in [1.807, 2.05) is 0 Å². The molecule has 0 radical (unpaired) electrons. The number of esters is 4. The lowest BCUT2D eigenvalue weighted by Crippen LogP contribution is -2.62. The number of carbonyl (C=O) groups excluding carboxylic acids is 4. The third kappa shape index (κ3) is 7.50. The van der Waals surface area contributed by atoms with Crippen molar-refractivity contribution < 1.29 is 38.1 Å². The Balaban J connectivity index is 0.000000125. The zero-order chi connectivity index (χ0) is 38.4. The van der Waals surface area contributed by atoms with Crippen molar-refractivity contribution in [1.29, 1.82) is 0 Å². The zero-order valence-electron chi connectivity index (χ0n) is 33.2. The second-order valence-corrected chi connectivity index (χ2v) is 19.4. The predicted molar refractivity (Wildman–Crippen MR) is 205 cm³/mol. The summed E-state index contributed by atoms with van der Waals surface area (Å²) in [7, 11) is 0. The fourth-order valence-corrected chi connectivity index (χ4v) is 14.8. The fraction of sp³-hybridized carbons (Fsp3) is 0.783. The van der Waals surface area contributed by atoms with Crippen LogP contribution in [0.15, 0.2) is 38.0 Å². The molecule has 8 nitrogen and oxygen atoms in total. The smallest absolute Gasteiger partial charge is 0.344 e. The summed E-state index contributed by atoms with van der Waals surface area (Å²) in [6.07, 6.45) is 24.0. The summed E-state index contributed by atoms with van der Waals surface area (Å²) in [5.41, 5.74) is -0.350. The van der Waals surface area contributed by atoms with Crippen LogP contribution in [0.5, 0.6) is 0 Å². The van der Waals surface area contributed by atoms with Crippen molar-refractivity contribution in [3.8, 4) is 0 Å². The first-order valence-corrected chi connectivity index (χ1v) is 21.6. The molecule has 0 aromatic rings. The van der Waals surface area contributed by atoms with Crippen LogP contribution in [0.2, 0.25) is 0 Å². The van der Waals surface area contributed by atoms with Crippen molar-refractivity contribution in [3.05, 3.63) is 38.0 Å². The molecule has 0 atom stereocenters. The molecule has 0 unspecified atom stereocenters. The number of hydrogen-bond donors (Lipinski definition) is 0. The predicted octanol–water partition coefficient (Wildman–Crippen LogP) is 8.97. The number of ether oxygens (including phenoxy) is 4. The Hall–Kier alpha value is -2.90. The van der Waals surface area contributed by atoms with E-state index in [4.69, 9.17) is 18.9 Å². The molecule has 12 aliphatic carbocycles. The lowest BCUT2D eigenvalue weighted by atomic mass is 9.47. The minimum atomic E-state index is -0.581. The van der Waals surface area contributed by atoms with Gasteiger partial charge in [-0.15, -0.1) is 0 Å². The monoisotopic (exact) mass is 746 g/mol. The van der Waals surface area contributed by atoms with E-state index >= 15 is 0 Å². The molecule has 12 fully saturated rings. The summed E-state index contributed by atoms with van der Waals surface area (Å²) in [5.74, 6) is 7.82. The summed E-state index contributed by atoms with van der Waals surface area (Å²) in [5, 5.41) is 0. The minimum absolute atomic E-state index is 0.0581. The Morgan fingerprint density at radius 3 is 1.35 bits per heavy atom. The van der Waals surface area contributed by atoms with Crippen molar-refractivity contribution in [1.82, 2.24) is 0 Å². The number of carbonyl (C=O) groups is 4. The minimum Gasteiger partial charge on any atom is -0.459 e. The molecule has 0 aliphatic heterocycles. The Kier molecular flexibility index (Phi) is 11.6. The summed E-state index contributed by atoms with van der Waals surface area (Å²) in [4.78, 5) is 46.0. The SMILES string of the molecule is C=CC(=O)OC1(C(C)C)C2CC3CC(C2)CC1C3.C=CC(=O)OC1(CC)C2CC3CC(C2)CC1C3.C=CC(=O)OCC(=O)OC1C2CC3CC(C2)CC1C3. The maximum Gasteiger partial charge on any atom is 0.344 e. The van der Waals surface area contributed by atoms with Crippen LogP contribution in [-0.2, 0) is 38.1 Å². The van der Waals surface area contributed by atoms with Crippen LogP contribution in [0, 0.1) is 76.9 Å². The molecule has 0 heterocycles. The quantitative estimate of drug-likeness (QED) is 0.124. The Morgan fingerprint density at radius 1 is 0.574 bits per heavy atom. The lowest BCUT2D eigenvalue weighted by Gasteiger charge is -2.61. The first kappa shape index (κ1) is 39.3. The van der Waals surface area contributed by atoms with Gasteiger partial charge in [0.15, 0.2) is 6.61 Å². The van der Waals surface area contributed by atoms with Crippen molar-refractivity contribution in [2.24, 2.45) is 76.9 Å². The van der Waals surface area contributed by atoms with E-state index < -0.39 is 11.9 Å². The van der Waals surface area contributed by atoms with E-state index in [0.29, 0.717) is 41.4 Å². The van der Waals surface area contributed by atoms with Gasteiger partial charge in [0.05, 0.1) is 0 Å². The average Bonchev–Trinajstić information content (AvgIpc) is 3.14. The van der Waals surface area contributed by atoms with Crippen molar-refractivity contribution >= 4 is 23.9 Å². The van der Waals surface area contributed by atoms with Gasteiger partial charge in [-0.2, -0.15) is 0 Å². The van der Waals surface area contributed by atoms with Gasteiger partial charge in [0.25, 0.3) is 0 Å². The molecule has 298 valence electrons. The molecule has 0 spiro atoms. The highest BCUT2D eigenvalue weighted by molar-refractivity contribution is 5.84. The van der Waals surface area contributed by atoms with Crippen molar-refractivity contribution in [3.63, 3.8) is 0 Å². The van der Waals surface area contributed by atoms with E-state index in [1.54, 1.807) is 0 Å². The van der Waals surface area contributed by atoms with Crippen LogP contribution in [0.25, 0.3) is 0 Å². The van der Waals surface area contributed by atoms with Crippen LogP contribution in [0.3, 0.4) is 0 Å². The third-order valence-electron chi connectivity index (χ3n) is 16.2. The normalized spacial score (nSPS) is 43.5. The molecule has 0 saturated heterocycles. The Labute approximate surface area is 323 Å². The number of hydrogen-bond acceptors (Lipinski definition) is 8. The average molecular weight is 747 g/mol. The zero-order valence-corrected chi connectivity index (χ0v) is 33.2. The van der Waals surface area contributed by atoms with E-state index in [9.17, 15) is 19.2 Å². The molecule has 12 aliphatic rings. The topological polar surface area (TPSA) is 105 Å². The van der Waals surface area contributed by atoms with Gasteiger partial charge in [-0.05, 0) is 180 Å². The summed E-state index contributed by atoms with van der Waals surface area (Å²) in [6.45, 7) is 16.7. The van der Waals surface area contributed by atoms with Gasteiger partial charge in [0.2, 0.25) is 0 Å². The van der Waals surface area contributed by atoms with Crippen LogP contribution in [-0.4, -0.2) is 47.8 Å². The van der Waals surface area contributed by atoms with E-state index in [1.165, 1.54) is 108 Å². The molecular formula is C46H66O8. The maximum absolute atomic E-state index is 11.8. The molecule has 8 heteroatoms. The molecule has 0 aromatic carbocycles. The van der Waals surface area contributed by atoms with Gasteiger partial charge in [0, 0.05) is 18.2 Å². The van der Waals surface area contributed by atoms with Crippen LogP contribution < -0.4 is 0 Å². The van der Waals surface area contributed by atoms with E-state index in [-0.39, 0.29) is 35.9 Å². The van der Waals surface area contributed by atoms with Crippen molar-refractivity contribution in [2.45, 2.75) is 141 Å². The van der Waals surface area contributed by atoms with Crippen LogP contribution in [0.4, 0.5) is 0 Å². The Morgan fingerprint density at radius 2 is 0.963 bits per heavy atom. The van der Waals surface area contributed by atoms with Gasteiger partial charge in [-0.3, -0.25) is 0 Å².